The topological polar surface area (TPSA) is 92.0 Å². The number of nitrogens with two attached hydrogens (primary N) is 1. The van der Waals surface area contributed by atoms with Crippen molar-refractivity contribution >= 4 is 11.4 Å². The lowest BCUT2D eigenvalue weighted by molar-refractivity contribution is -0.653. The highest BCUT2D eigenvalue weighted by atomic mass is 19.4. The number of quaternary nitrogens is 1. The second-order valence-electron chi connectivity index (χ2n) is 4.00. The van der Waals surface area contributed by atoms with Gasteiger partial charge in [0.15, 0.2) is 0 Å². The highest BCUT2D eigenvalue weighted by molar-refractivity contribution is 5.62. The summed E-state index contributed by atoms with van der Waals surface area (Å²) in [6.07, 6.45) is -4.61. The van der Waals surface area contributed by atoms with E-state index in [-0.39, 0.29) is 12.3 Å². The van der Waals surface area contributed by atoms with Crippen LogP contribution in [0.25, 0.3) is 0 Å². The summed E-state index contributed by atoms with van der Waals surface area (Å²) in [5.74, 6) is 0. The Bertz CT molecular complexity index is 466. The summed E-state index contributed by atoms with van der Waals surface area (Å²) in [6, 6.07) is 2.36. The van der Waals surface area contributed by atoms with Crippen molar-refractivity contribution in [2.75, 3.05) is 31.6 Å². The Morgan fingerprint density at radius 1 is 1.35 bits per heavy atom. The van der Waals surface area contributed by atoms with Crippen LogP contribution in [-0.2, 0) is 6.18 Å². The molecule has 1 rings (SSSR count). The molecule has 9 heteroatoms. The van der Waals surface area contributed by atoms with Crippen molar-refractivity contribution in [1.82, 2.24) is 0 Å². The maximum Gasteiger partial charge on any atom is 0.416 e. The van der Waals surface area contributed by atoms with Crippen LogP contribution in [0.3, 0.4) is 0 Å². The van der Waals surface area contributed by atoms with E-state index < -0.39 is 22.4 Å². The molecule has 0 fully saturated rings. The fraction of sp³-hybridized carbons (Fsp3) is 0.455. The molecule has 4 N–H and O–H groups in total. The van der Waals surface area contributed by atoms with Crippen LogP contribution in [0.1, 0.15) is 5.56 Å². The number of aliphatic hydroxyl groups excluding tert-OH is 1. The number of anilines is 1. The smallest absolute Gasteiger partial charge is 0.391 e. The molecule has 0 aliphatic heterocycles. The van der Waals surface area contributed by atoms with Gasteiger partial charge in [0.25, 0.3) is 5.69 Å². The van der Waals surface area contributed by atoms with Crippen LogP contribution in [0.2, 0.25) is 0 Å². The normalized spacial score (nSPS) is 11.4. The Morgan fingerprint density at radius 2 is 2.05 bits per heavy atom. The largest absolute Gasteiger partial charge is 0.416 e. The van der Waals surface area contributed by atoms with Gasteiger partial charge in [-0.25, -0.2) is 0 Å². The number of hydrogen-bond donors (Lipinski definition) is 3. The van der Waals surface area contributed by atoms with Crippen molar-refractivity contribution in [2.24, 2.45) is 0 Å². The van der Waals surface area contributed by atoms with E-state index in [2.05, 4.69) is 5.32 Å². The minimum atomic E-state index is -4.61. The van der Waals surface area contributed by atoms with Crippen LogP contribution in [0.4, 0.5) is 24.5 Å². The number of nitro groups is 1. The van der Waals surface area contributed by atoms with E-state index in [1.165, 1.54) is 0 Å². The molecule has 0 radical (unpaired) electrons. The Morgan fingerprint density at radius 3 is 2.60 bits per heavy atom. The molecule has 6 nitrogen and oxygen atoms in total. The number of hydrogen-bond acceptors (Lipinski definition) is 4. The second-order valence-corrected chi connectivity index (χ2v) is 4.00. The van der Waals surface area contributed by atoms with Gasteiger partial charge < -0.3 is 15.7 Å². The van der Waals surface area contributed by atoms with Crippen LogP contribution in [-0.4, -0.2) is 36.3 Å². The number of nitrogens with one attached hydrogen (secondary N) is 1. The molecular weight excluding hydrogens is 279 g/mol. The Hall–Kier alpha value is -1.87. The number of nitrogens with zero attached hydrogens (tertiary/aromatic N) is 1. The van der Waals surface area contributed by atoms with Crippen molar-refractivity contribution in [1.29, 1.82) is 0 Å². The molecule has 112 valence electrons. The predicted molar refractivity (Wildman–Crippen MR) is 65.3 cm³/mol. The van der Waals surface area contributed by atoms with Gasteiger partial charge in [-0.1, -0.05) is 0 Å². The van der Waals surface area contributed by atoms with E-state index in [1.807, 2.05) is 0 Å². The fourth-order valence-electron chi connectivity index (χ4n) is 1.55. The molecule has 0 aromatic heterocycles. The van der Waals surface area contributed by atoms with Crippen LogP contribution in [0.5, 0.6) is 0 Å². The van der Waals surface area contributed by atoms with E-state index in [9.17, 15) is 23.3 Å². The van der Waals surface area contributed by atoms with Gasteiger partial charge in [0.05, 0.1) is 36.7 Å². The monoisotopic (exact) mass is 294 g/mol. The molecule has 1 aromatic rings. The summed E-state index contributed by atoms with van der Waals surface area (Å²) in [4.78, 5) is 9.94. The minimum absolute atomic E-state index is 0.0143. The summed E-state index contributed by atoms with van der Waals surface area (Å²) in [7, 11) is 0. The van der Waals surface area contributed by atoms with Gasteiger partial charge in [0, 0.05) is 6.07 Å². The zero-order chi connectivity index (χ0) is 15.2. The van der Waals surface area contributed by atoms with Crippen molar-refractivity contribution in [3.8, 4) is 0 Å². The first-order chi connectivity index (χ1) is 9.36. The molecule has 0 saturated carbocycles. The van der Waals surface area contributed by atoms with Crippen molar-refractivity contribution < 1.29 is 28.5 Å². The average Bonchev–Trinajstić information content (AvgIpc) is 2.37. The fourth-order valence-corrected chi connectivity index (χ4v) is 1.55. The molecule has 0 amide bonds. The van der Waals surface area contributed by atoms with E-state index in [4.69, 9.17) is 5.11 Å². The van der Waals surface area contributed by atoms with Gasteiger partial charge in [0.1, 0.15) is 5.69 Å². The van der Waals surface area contributed by atoms with Crippen molar-refractivity contribution in [2.45, 2.75) is 6.18 Å². The SMILES string of the molecule is O=[N+]([O-])c1cc(C(F)(F)F)ccc1NCC[NH2+]CCO. The summed E-state index contributed by atoms with van der Waals surface area (Å²) >= 11 is 0. The lowest BCUT2D eigenvalue weighted by Crippen LogP contribution is -2.86. The van der Waals surface area contributed by atoms with Crippen LogP contribution < -0.4 is 10.6 Å². The number of alkyl halides is 3. The number of halogens is 3. The number of benzene rings is 1. The molecule has 1 aromatic carbocycles. The predicted octanol–water partition coefficient (Wildman–Crippen LogP) is 0.581. The molecule has 0 saturated heterocycles. The molecule has 0 unspecified atom stereocenters. The quantitative estimate of drug-likeness (QED) is 0.390. The Labute approximate surface area is 112 Å². The van der Waals surface area contributed by atoms with E-state index in [1.54, 1.807) is 5.32 Å². The first kappa shape index (κ1) is 16.2. The van der Waals surface area contributed by atoms with E-state index >= 15 is 0 Å². The highest BCUT2D eigenvalue weighted by Crippen LogP contribution is 2.34. The van der Waals surface area contributed by atoms with Gasteiger partial charge in [-0.15, -0.1) is 0 Å². The molecule has 0 aliphatic rings. The molecule has 0 heterocycles. The maximum absolute atomic E-state index is 12.5. The highest BCUT2D eigenvalue weighted by Gasteiger charge is 2.32. The van der Waals surface area contributed by atoms with Crippen molar-refractivity contribution in [3.05, 3.63) is 33.9 Å². The Kier molecular flexibility index (Phi) is 5.71. The molecule has 0 atom stereocenters. The summed E-state index contributed by atoms with van der Waals surface area (Å²) < 4.78 is 37.4. The van der Waals surface area contributed by atoms with Gasteiger partial charge >= 0.3 is 6.18 Å². The third-order valence-electron chi connectivity index (χ3n) is 2.52. The number of rotatable bonds is 7. The minimum Gasteiger partial charge on any atom is -0.391 e. The lowest BCUT2D eigenvalue weighted by atomic mass is 10.1. The molecule has 0 aliphatic carbocycles. The maximum atomic E-state index is 12.5. The molecule has 20 heavy (non-hydrogen) atoms. The average molecular weight is 294 g/mol. The zero-order valence-electron chi connectivity index (χ0n) is 10.5. The Balaban J connectivity index is 2.78. The van der Waals surface area contributed by atoms with E-state index in [0.29, 0.717) is 25.7 Å². The molecule has 0 bridgehead atoms. The first-order valence-corrected chi connectivity index (χ1v) is 5.88. The van der Waals surface area contributed by atoms with Gasteiger partial charge in [-0.3, -0.25) is 10.1 Å². The molecular formula is C11H15F3N3O3+. The summed E-state index contributed by atoms with van der Waals surface area (Å²) in [6.45, 7) is 1.39. The van der Waals surface area contributed by atoms with E-state index in [0.717, 1.165) is 12.1 Å². The molecule has 0 spiro atoms. The number of nitro benzene ring substituents is 1. The first-order valence-electron chi connectivity index (χ1n) is 5.88. The van der Waals surface area contributed by atoms with Gasteiger partial charge in [-0.2, -0.15) is 13.2 Å². The van der Waals surface area contributed by atoms with Crippen LogP contribution in [0.15, 0.2) is 18.2 Å². The standard InChI is InChI=1S/C11H14F3N3O3/c12-11(13,14)8-1-2-9(10(7-8)17(19)20)16-4-3-15-5-6-18/h1-2,7,15-16,18H,3-6H2/p+1. The third-order valence-corrected chi connectivity index (χ3v) is 2.52. The van der Waals surface area contributed by atoms with Gasteiger partial charge in [0.2, 0.25) is 0 Å². The lowest BCUT2D eigenvalue weighted by Gasteiger charge is -2.10. The summed E-state index contributed by atoms with van der Waals surface area (Å²) in [5, 5.41) is 23.8. The summed E-state index contributed by atoms with van der Waals surface area (Å²) in [5.41, 5.74) is -1.62. The third kappa shape index (κ3) is 4.67. The second kappa shape index (κ2) is 7.06. The van der Waals surface area contributed by atoms with Crippen molar-refractivity contribution in [3.63, 3.8) is 0 Å². The van der Waals surface area contributed by atoms with Crippen LogP contribution in [0, 0.1) is 10.1 Å². The zero-order valence-corrected chi connectivity index (χ0v) is 10.5. The van der Waals surface area contributed by atoms with Gasteiger partial charge in [-0.05, 0) is 12.1 Å². The van der Waals surface area contributed by atoms with Crippen LogP contribution >= 0.6 is 0 Å². The number of aliphatic hydroxyl groups is 1.